The lowest BCUT2D eigenvalue weighted by Crippen LogP contribution is -2.56. The van der Waals surface area contributed by atoms with Crippen molar-refractivity contribution in [3.05, 3.63) is 12.2 Å². The molecule has 0 aromatic rings. The van der Waals surface area contributed by atoms with Crippen molar-refractivity contribution >= 4 is 11.8 Å². The fourth-order valence-electron chi connectivity index (χ4n) is 4.19. The van der Waals surface area contributed by atoms with Crippen LogP contribution in [-0.2, 0) is 19.1 Å². The van der Waals surface area contributed by atoms with Gasteiger partial charge in [-0.25, -0.2) is 4.79 Å². The standard InChI is InChI=1S/C15H20O5/c1-8-4-5-9-11(19-3)13(17)20-12(9)14(2)10(16)6-7-15(8,14)18/h6-9,11-12,18H,4-5H2,1-3H3/t8-,9+,11?,12+,14-,15+/m0/s1. The summed E-state index contributed by atoms with van der Waals surface area (Å²) in [5, 5.41) is 11.0. The lowest BCUT2D eigenvalue weighted by atomic mass is 9.65. The van der Waals surface area contributed by atoms with Crippen LogP contribution in [0.4, 0.5) is 0 Å². The van der Waals surface area contributed by atoms with E-state index in [1.807, 2.05) is 6.92 Å². The van der Waals surface area contributed by atoms with E-state index in [4.69, 9.17) is 9.47 Å². The summed E-state index contributed by atoms with van der Waals surface area (Å²) >= 11 is 0. The Morgan fingerprint density at radius 3 is 2.75 bits per heavy atom. The average molecular weight is 280 g/mol. The van der Waals surface area contributed by atoms with Crippen LogP contribution in [0.15, 0.2) is 12.2 Å². The molecule has 5 heteroatoms. The monoisotopic (exact) mass is 280 g/mol. The number of methoxy groups -OCH3 is 1. The Morgan fingerprint density at radius 1 is 1.40 bits per heavy atom. The molecule has 1 heterocycles. The summed E-state index contributed by atoms with van der Waals surface area (Å²) < 4.78 is 10.7. The van der Waals surface area contributed by atoms with Crippen LogP contribution in [0.3, 0.4) is 0 Å². The maximum Gasteiger partial charge on any atom is 0.335 e. The van der Waals surface area contributed by atoms with Crippen LogP contribution in [0.1, 0.15) is 26.7 Å². The number of hydrogen-bond donors (Lipinski definition) is 1. The molecule has 110 valence electrons. The molecule has 0 spiro atoms. The number of hydrogen-bond acceptors (Lipinski definition) is 5. The van der Waals surface area contributed by atoms with Gasteiger partial charge in [-0.3, -0.25) is 4.79 Å². The van der Waals surface area contributed by atoms with E-state index in [2.05, 4.69) is 0 Å². The number of ketones is 1. The van der Waals surface area contributed by atoms with E-state index in [1.54, 1.807) is 13.0 Å². The smallest absolute Gasteiger partial charge is 0.335 e. The van der Waals surface area contributed by atoms with Gasteiger partial charge in [-0.15, -0.1) is 0 Å². The van der Waals surface area contributed by atoms with E-state index in [9.17, 15) is 14.7 Å². The fraction of sp³-hybridized carbons (Fsp3) is 0.733. The molecule has 1 saturated carbocycles. The number of rotatable bonds is 1. The second kappa shape index (κ2) is 4.15. The van der Waals surface area contributed by atoms with Gasteiger partial charge in [0.15, 0.2) is 11.9 Å². The second-order valence-corrected chi connectivity index (χ2v) is 6.38. The summed E-state index contributed by atoms with van der Waals surface area (Å²) in [7, 11) is 1.48. The second-order valence-electron chi connectivity index (χ2n) is 6.38. The van der Waals surface area contributed by atoms with Crippen LogP contribution >= 0.6 is 0 Å². The van der Waals surface area contributed by atoms with Crippen molar-refractivity contribution in [2.45, 2.75) is 44.5 Å². The first kappa shape index (κ1) is 13.8. The third kappa shape index (κ3) is 1.40. The SMILES string of the molecule is COC1C(=O)O[C@@H]2[C@@H]1CC[C@H](C)[C@]1(O)C=CC(=O)[C@@]21C. The third-order valence-corrected chi connectivity index (χ3v) is 5.59. The van der Waals surface area contributed by atoms with Gasteiger partial charge in [0.05, 0.1) is 5.41 Å². The van der Waals surface area contributed by atoms with Crippen LogP contribution in [0.2, 0.25) is 0 Å². The van der Waals surface area contributed by atoms with Gasteiger partial charge >= 0.3 is 5.97 Å². The molecule has 2 aliphatic carbocycles. The van der Waals surface area contributed by atoms with Gasteiger partial charge in [0, 0.05) is 13.0 Å². The number of allylic oxidation sites excluding steroid dienone is 1. The minimum absolute atomic E-state index is 0.0722. The topological polar surface area (TPSA) is 72.8 Å². The van der Waals surface area contributed by atoms with E-state index >= 15 is 0 Å². The molecule has 1 aliphatic heterocycles. The van der Waals surface area contributed by atoms with Crippen LogP contribution in [0, 0.1) is 17.3 Å². The molecule has 0 aromatic carbocycles. The molecule has 0 radical (unpaired) electrons. The summed E-state index contributed by atoms with van der Waals surface area (Å²) in [6, 6.07) is 0. The summed E-state index contributed by atoms with van der Waals surface area (Å²) in [4.78, 5) is 24.3. The van der Waals surface area contributed by atoms with Crippen molar-refractivity contribution in [1.29, 1.82) is 0 Å². The van der Waals surface area contributed by atoms with Gasteiger partial charge in [0.25, 0.3) is 0 Å². The Hall–Kier alpha value is -1.20. The highest BCUT2D eigenvalue weighted by Gasteiger charge is 2.67. The van der Waals surface area contributed by atoms with Crippen molar-refractivity contribution in [3.8, 4) is 0 Å². The number of esters is 1. The van der Waals surface area contributed by atoms with E-state index in [1.165, 1.54) is 13.2 Å². The lowest BCUT2D eigenvalue weighted by molar-refractivity contribution is -0.167. The third-order valence-electron chi connectivity index (χ3n) is 5.59. The maximum atomic E-state index is 12.4. The number of fused-ring (bicyclic) bond motifs is 3. The molecule has 1 unspecified atom stereocenters. The number of ether oxygens (including phenoxy) is 2. The minimum Gasteiger partial charge on any atom is -0.459 e. The molecule has 0 bridgehead atoms. The van der Waals surface area contributed by atoms with E-state index in [-0.39, 0.29) is 17.6 Å². The molecule has 5 nitrogen and oxygen atoms in total. The number of carbonyl (C=O) groups is 2. The van der Waals surface area contributed by atoms with Crippen LogP contribution < -0.4 is 0 Å². The first-order valence-electron chi connectivity index (χ1n) is 7.05. The lowest BCUT2D eigenvalue weighted by Gasteiger charge is -2.43. The average Bonchev–Trinajstić information content (AvgIpc) is 2.84. The highest BCUT2D eigenvalue weighted by Crippen LogP contribution is 2.55. The van der Waals surface area contributed by atoms with Crippen molar-refractivity contribution in [1.82, 2.24) is 0 Å². The summed E-state index contributed by atoms with van der Waals surface area (Å²) in [6.07, 6.45) is 3.16. The Bertz CT molecular complexity index is 498. The zero-order chi connectivity index (χ0) is 14.7. The molecular weight excluding hydrogens is 260 g/mol. The first-order chi connectivity index (χ1) is 9.36. The predicted molar refractivity (Wildman–Crippen MR) is 69.8 cm³/mol. The first-order valence-corrected chi connectivity index (χ1v) is 7.05. The van der Waals surface area contributed by atoms with E-state index < -0.39 is 29.2 Å². The summed E-state index contributed by atoms with van der Waals surface area (Å²) in [6.45, 7) is 3.64. The predicted octanol–water partition coefficient (Wildman–Crippen LogP) is 0.849. The molecule has 20 heavy (non-hydrogen) atoms. The summed E-state index contributed by atoms with van der Waals surface area (Å²) in [5.41, 5.74) is -2.37. The Labute approximate surface area is 117 Å². The summed E-state index contributed by atoms with van der Waals surface area (Å²) in [5.74, 6) is -0.858. The zero-order valence-corrected chi connectivity index (χ0v) is 12.0. The molecule has 3 rings (SSSR count). The van der Waals surface area contributed by atoms with Gasteiger partial charge in [0.1, 0.15) is 11.7 Å². The molecule has 1 N–H and O–H groups in total. The van der Waals surface area contributed by atoms with Crippen molar-refractivity contribution in [2.75, 3.05) is 7.11 Å². The van der Waals surface area contributed by atoms with Crippen molar-refractivity contribution < 1.29 is 24.2 Å². The molecule has 2 fully saturated rings. The van der Waals surface area contributed by atoms with E-state index in [0.29, 0.717) is 6.42 Å². The van der Waals surface area contributed by atoms with Crippen molar-refractivity contribution in [2.24, 2.45) is 17.3 Å². The largest absolute Gasteiger partial charge is 0.459 e. The normalized spacial score (nSPS) is 50.6. The molecule has 3 aliphatic rings. The molecule has 0 aromatic heterocycles. The van der Waals surface area contributed by atoms with Gasteiger partial charge in [-0.1, -0.05) is 6.92 Å². The maximum absolute atomic E-state index is 12.4. The van der Waals surface area contributed by atoms with Gasteiger partial charge in [-0.05, 0) is 37.8 Å². The Balaban J connectivity index is 2.11. The van der Waals surface area contributed by atoms with Crippen molar-refractivity contribution in [3.63, 3.8) is 0 Å². The van der Waals surface area contributed by atoms with Crippen LogP contribution in [0.25, 0.3) is 0 Å². The van der Waals surface area contributed by atoms with Gasteiger partial charge < -0.3 is 14.6 Å². The Kier molecular flexibility index (Phi) is 2.86. The zero-order valence-electron chi connectivity index (χ0n) is 12.0. The number of carbonyl (C=O) groups excluding carboxylic acids is 2. The van der Waals surface area contributed by atoms with Crippen LogP contribution in [0.5, 0.6) is 0 Å². The highest BCUT2D eigenvalue weighted by atomic mass is 16.6. The number of aliphatic hydroxyl groups is 1. The molecule has 6 atom stereocenters. The quantitative estimate of drug-likeness (QED) is 0.721. The fourth-order valence-corrected chi connectivity index (χ4v) is 4.19. The highest BCUT2D eigenvalue weighted by molar-refractivity contribution is 6.00. The molecular formula is C15H20O5. The van der Waals surface area contributed by atoms with E-state index in [0.717, 1.165) is 6.42 Å². The molecule has 0 amide bonds. The van der Waals surface area contributed by atoms with Crippen LogP contribution in [-0.4, -0.2) is 41.8 Å². The van der Waals surface area contributed by atoms with Gasteiger partial charge in [-0.2, -0.15) is 0 Å². The Morgan fingerprint density at radius 2 is 2.10 bits per heavy atom. The molecule has 1 saturated heterocycles. The minimum atomic E-state index is -1.26. The van der Waals surface area contributed by atoms with Gasteiger partial charge in [0.2, 0.25) is 0 Å².